The molecule has 1 aliphatic rings. The average molecular weight is 224 g/mol. The molecule has 0 radical (unpaired) electrons. The highest BCUT2D eigenvalue weighted by atomic mass is 35.5. The van der Waals surface area contributed by atoms with Crippen LogP contribution in [0.1, 0.15) is 24.8 Å². The van der Waals surface area contributed by atoms with Crippen molar-refractivity contribution in [2.45, 2.75) is 19.3 Å². The first-order valence-electron chi connectivity index (χ1n) is 5.19. The van der Waals surface area contributed by atoms with Crippen molar-refractivity contribution in [1.82, 2.24) is 5.32 Å². The first kappa shape index (κ1) is 10.5. The molecule has 1 aromatic carbocycles. The van der Waals surface area contributed by atoms with Gasteiger partial charge in [0.2, 0.25) is 5.91 Å². The van der Waals surface area contributed by atoms with E-state index in [1.54, 1.807) is 0 Å². The number of carbonyl (C=O) groups is 1. The molecule has 2 nitrogen and oxygen atoms in total. The Labute approximate surface area is 94.6 Å². The summed E-state index contributed by atoms with van der Waals surface area (Å²) in [5.74, 6) is 0.966. The van der Waals surface area contributed by atoms with Crippen LogP contribution in [0.5, 0.6) is 0 Å². The van der Waals surface area contributed by atoms with Gasteiger partial charge in [-0.25, -0.2) is 0 Å². The minimum atomic E-state index is 0.146. The third-order valence-electron chi connectivity index (χ3n) is 3.01. The second kappa shape index (κ2) is 4.23. The molecule has 1 amide bonds. The second-order valence-electron chi connectivity index (χ2n) is 4.14. The van der Waals surface area contributed by atoms with E-state index in [4.69, 9.17) is 11.6 Å². The van der Waals surface area contributed by atoms with Gasteiger partial charge in [-0.2, -0.15) is 0 Å². The number of hydrogen-bond donors (Lipinski definition) is 1. The molecule has 2 unspecified atom stereocenters. The van der Waals surface area contributed by atoms with Gasteiger partial charge >= 0.3 is 0 Å². The molecule has 1 aromatic rings. The van der Waals surface area contributed by atoms with E-state index in [9.17, 15) is 4.79 Å². The van der Waals surface area contributed by atoms with Crippen molar-refractivity contribution in [3.8, 4) is 0 Å². The van der Waals surface area contributed by atoms with Crippen LogP contribution >= 0.6 is 11.6 Å². The second-order valence-corrected chi connectivity index (χ2v) is 4.58. The van der Waals surface area contributed by atoms with Gasteiger partial charge in [-0.1, -0.05) is 30.7 Å². The summed E-state index contributed by atoms with van der Waals surface area (Å²) in [6.07, 6.45) is 0.586. The van der Waals surface area contributed by atoms with Crippen molar-refractivity contribution in [3.63, 3.8) is 0 Å². The van der Waals surface area contributed by atoms with Crippen LogP contribution in [0.2, 0.25) is 5.02 Å². The van der Waals surface area contributed by atoms with Crippen LogP contribution in [0, 0.1) is 5.92 Å². The fraction of sp³-hybridized carbons (Fsp3) is 0.417. The SMILES string of the molecule is CC1CNC(=O)CC1c1ccc(Cl)cc1. The lowest BCUT2D eigenvalue weighted by atomic mass is 9.82. The summed E-state index contributed by atoms with van der Waals surface area (Å²) >= 11 is 5.84. The molecule has 1 fully saturated rings. The maximum absolute atomic E-state index is 11.3. The third kappa shape index (κ3) is 2.32. The van der Waals surface area contributed by atoms with Crippen molar-refractivity contribution in [2.24, 2.45) is 5.92 Å². The molecule has 0 aliphatic carbocycles. The molecule has 0 aromatic heterocycles. The molecule has 1 heterocycles. The van der Waals surface area contributed by atoms with E-state index < -0.39 is 0 Å². The number of halogens is 1. The highest BCUT2D eigenvalue weighted by Gasteiger charge is 2.26. The number of rotatable bonds is 1. The Hall–Kier alpha value is -1.02. The van der Waals surface area contributed by atoms with Crippen molar-refractivity contribution >= 4 is 17.5 Å². The number of hydrogen-bond acceptors (Lipinski definition) is 1. The van der Waals surface area contributed by atoms with E-state index >= 15 is 0 Å². The molecule has 0 bridgehead atoms. The van der Waals surface area contributed by atoms with Gasteiger partial charge < -0.3 is 5.32 Å². The molecule has 1 N–H and O–H groups in total. The fourth-order valence-corrected chi connectivity index (χ4v) is 2.17. The topological polar surface area (TPSA) is 29.1 Å². The Kier molecular flexibility index (Phi) is 2.96. The monoisotopic (exact) mass is 223 g/mol. The Bertz CT molecular complexity index is 360. The molecule has 1 aliphatic heterocycles. The zero-order chi connectivity index (χ0) is 10.8. The van der Waals surface area contributed by atoms with Gasteiger partial charge in [0.05, 0.1) is 0 Å². The smallest absolute Gasteiger partial charge is 0.220 e. The lowest BCUT2D eigenvalue weighted by Gasteiger charge is -2.29. The summed E-state index contributed by atoms with van der Waals surface area (Å²) in [5.41, 5.74) is 1.21. The van der Waals surface area contributed by atoms with E-state index in [2.05, 4.69) is 12.2 Å². The van der Waals surface area contributed by atoms with Crippen molar-refractivity contribution < 1.29 is 4.79 Å². The summed E-state index contributed by atoms with van der Waals surface area (Å²) in [6, 6.07) is 7.80. The zero-order valence-corrected chi connectivity index (χ0v) is 9.42. The normalized spacial score (nSPS) is 26.1. The minimum absolute atomic E-state index is 0.146. The molecule has 2 atom stereocenters. The van der Waals surface area contributed by atoms with E-state index in [1.807, 2.05) is 24.3 Å². The maximum Gasteiger partial charge on any atom is 0.220 e. The third-order valence-corrected chi connectivity index (χ3v) is 3.26. The van der Waals surface area contributed by atoms with Crippen LogP contribution in [-0.4, -0.2) is 12.5 Å². The van der Waals surface area contributed by atoms with Gasteiger partial charge in [0.25, 0.3) is 0 Å². The number of nitrogens with one attached hydrogen (secondary N) is 1. The minimum Gasteiger partial charge on any atom is -0.356 e. The lowest BCUT2D eigenvalue weighted by Crippen LogP contribution is -2.38. The molecule has 0 saturated carbocycles. The van der Waals surface area contributed by atoms with Crippen LogP contribution in [0.25, 0.3) is 0 Å². The van der Waals surface area contributed by atoms with Gasteiger partial charge in [-0.15, -0.1) is 0 Å². The molecule has 2 rings (SSSR count). The molecular formula is C12H14ClNO. The molecule has 3 heteroatoms. The quantitative estimate of drug-likeness (QED) is 0.779. The maximum atomic E-state index is 11.3. The predicted molar refractivity (Wildman–Crippen MR) is 61.0 cm³/mol. The first-order valence-corrected chi connectivity index (χ1v) is 5.57. The molecule has 0 spiro atoms. The first-order chi connectivity index (χ1) is 7.16. The summed E-state index contributed by atoms with van der Waals surface area (Å²) < 4.78 is 0. The zero-order valence-electron chi connectivity index (χ0n) is 8.66. The van der Waals surface area contributed by atoms with Gasteiger partial charge in [-0.05, 0) is 29.5 Å². The number of piperidine rings is 1. The van der Waals surface area contributed by atoms with Crippen LogP contribution in [0.3, 0.4) is 0 Å². The number of carbonyl (C=O) groups excluding carboxylic acids is 1. The Balaban J connectivity index is 2.21. The van der Waals surface area contributed by atoms with Gasteiger partial charge in [0.1, 0.15) is 0 Å². The number of benzene rings is 1. The van der Waals surface area contributed by atoms with Crippen LogP contribution in [0.15, 0.2) is 24.3 Å². The van der Waals surface area contributed by atoms with Crippen molar-refractivity contribution in [3.05, 3.63) is 34.9 Å². The summed E-state index contributed by atoms with van der Waals surface area (Å²) in [4.78, 5) is 11.3. The van der Waals surface area contributed by atoms with E-state index in [-0.39, 0.29) is 5.91 Å². The fourth-order valence-electron chi connectivity index (χ4n) is 2.05. The highest BCUT2D eigenvalue weighted by molar-refractivity contribution is 6.30. The van der Waals surface area contributed by atoms with Crippen LogP contribution < -0.4 is 5.32 Å². The van der Waals surface area contributed by atoms with Gasteiger partial charge in [0, 0.05) is 18.0 Å². The molecule has 15 heavy (non-hydrogen) atoms. The molecule has 1 saturated heterocycles. The highest BCUT2D eigenvalue weighted by Crippen LogP contribution is 2.30. The van der Waals surface area contributed by atoms with E-state index in [1.165, 1.54) is 5.56 Å². The van der Waals surface area contributed by atoms with Crippen molar-refractivity contribution in [1.29, 1.82) is 0 Å². The van der Waals surface area contributed by atoms with Crippen LogP contribution in [0.4, 0.5) is 0 Å². The lowest BCUT2D eigenvalue weighted by molar-refractivity contribution is -0.123. The summed E-state index contributed by atoms with van der Waals surface area (Å²) in [7, 11) is 0. The van der Waals surface area contributed by atoms with Gasteiger partial charge in [-0.3, -0.25) is 4.79 Å². The number of amides is 1. The van der Waals surface area contributed by atoms with Gasteiger partial charge in [0.15, 0.2) is 0 Å². The van der Waals surface area contributed by atoms with Crippen molar-refractivity contribution in [2.75, 3.05) is 6.54 Å². The molecular weight excluding hydrogens is 210 g/mol. The van der Waals surface area contributed by atoms with E-state index in [0.29, 0.717) is 18.3 Å². The Morgan fingerprint density at radius 3 is 2.67 bits per heavy atom. The summed E-state index contributed by atoms with van der Waals surface area (Å²) in [6.45, 7) is 2.94. The average Bonchev–Trinajstić information content (AvgIpc) is 2.23. The summed E-state index contributed by atoms with van der Waals surface area (Å²) in [5, 5.41) is 3.62. The van der Waals surface area contributed by atoms with Crippen LogP contribution in [-0.2, 0) is 4.79 Å². The Morgan fingerprint density at radius 2 is 2.00 bits per heavy atom. The standard InChI is InChI=1S/C12H14ClNO/c1-8-7-14-12(15)6-11(8)9-2-4-10(13)5-3-9/h2-5,8,11H,6-7H2,1H3,(H,14,15). The van der Waals surface area contributed by atoms with E-state index in [0.717, 1.165) is 11.6 Å². The molecule has 80 valence electrons. The Morgan fingerprint density at radius 1 is 1.33 bits per heavy atom. The largest absolute Gasteiger partial charge is 0.356 e. The predicted octanol–water partition coefficient (Wildman–Crippen LogP) is 2.58.